The van der Waals surface area contributed by atoms with Gasteiger partial charge in [0.1, 0.15) is 5.69 Å². The highest BCUT2D eigenvalue weighted by Gasteiger charge is 2.48. The molecule has 3 aliphatic rings. The standard InChI is InChI=1S/C26H28N4O4/c1-17-7-9-19(10-8-17)28-14-13-27(16-18(28)2)23-12-11-20(15-24(23)30(33)34)29-25(31)21-5-3-4-6-22(21)26(29)32/h3-4,7-12,15,18,21-22H,5-6,13-14,16H2,1-2H3/t18-,21-,22+/m1/s1. The van der Waals surface area contributed by atoms with Crippen molar-refractivity contribution in [1.29, 1.82) is 0 Å². The van der Waals surface area contributed by atoms with Crippen LogP contribution in [-0.2, 0) is 9.59 Å². The molecule has 0 bridgehead atoms. The van der Waals surface area contributed by atoms with Gasteiger partial charge in [-0.15, -0.1) is 0 Å². The molecule has 34 heavy (non-hydrogen) atoms. The predicted octanol–water partition coefficient (Wildman–Crippen LogP) is 4.07. The van der Waals surface area contributed by atoms with Gasteiger partial charge in [-0.3, -0.25) is 19.7 Å². The Balaban J connectivity index is 1.39. The molecule has 8 heteroatoms. The fourth-order valence-electron chi connectivity index (χ4n) is 5.42. The van der Waals surface area contributed by atoms with Gasteiger partial charge in [-0.2, -0.15) is 0 Å². The number of nitro benzene ring substituents is 1. The molecule has 0 saturated carbocycles. The molecule has 176 valence electrons. The molecule has 2 aromatic carbocycles. The van der Waals surface area contributed by atoms with Crippen LogP contribution in [0.3, 0.4) is 0 Å². The minimum Gasteiger partial charge on any atom is -0.365 e. The third-order valence-electron chi connectivity index (χ3n) is 7.26. The van der Waals surface area contributed by atoms with Gasteiger partial charge in [0.05, 0.1) is 22.4 Å². The van der Waals surface area contributed by atoms with Gasteiger partial charge >= 0.3 is 0 Å². The van der Waals surface area contributed by atoms with Crippen LogP contribution in [0.2, 0.25) is 0 Å². The van der Waals surface area contributed by atoms with Crippen molar-refractivity contribution in [3.8, 4) is 0 Å². The van der Waals surface area contributed by atoms with E-state index in [9.17, 15) is 19.7 Å². The zero-order valence-corrected chi connectivity index (χ0v) is 19.4. The number of hydrogen-bond acceptors (Lipinski definition) is 6. The molecule has 0 radical (unpaired) electrons. The second kappa shape index (κ2) is 8.59. The number of anilines is 3. The molecule has 8 nitrogen and oxygen atoms in total. The summed E-state index contributed by atoms with van der Waals surface area (Å²) in [5.74, 6) is -1.26. The van der Waals surface area contributed by atoms with Crippen molar-refractivity contribution in [2.24, 2.45) is 11.8 Å². The van der Waals surface area contributed by atoms with Crippen LogP contribution in [0.4, 0.5) is 22.7 Å². The van der Waals surface area contributed by atoms with Gasteiger partial charge in [0.15, 0.2) is 0 Å². The number of benzene rings is 2. The molecule has 1 aliphatic carbocycles. The molecule has 2 saturated heterocycles. The number of amides is 2. The van der Waals surface area contributed by atoms with Crippen molar-refractivity contribution in [2.75, 3.05) is 34.3 Å². The van der Waals surface area contributed by atoms with Crippen molar-refractivity contribution >= 4 is 34.6 Å². The first kappa shape index (κ1) is 22.1. The number of rotatable bonds is 4. The van der Waals surface area contributed by atoms with Gasteiger partial charge in [0.2, 0.25) is 11.8 Å². The number of nitrogens with zero attached hydrogens (tertiary/aromatic N) is 4. The van der Waals surface area contributed by atoms with Crippen molar-refractivity contribution < 1.29 is 14.5 Å². The van der Waals surface area contributed by atoms with Crippen LogP contribution in [0.1, 0.15) is 25.3 Å². The highest BCUT2D eigenvalue weighted by Crippen LogP contribution is 2.40. The SMILES string of the molecule is Cc1ccc(N2CCN(c3ccc(N4C(=O)[C@H]5CC=CC[C@H]5C4=O)cc3[N+](=O)[O-])C[C@H]2C)cc1. The molecule has 2 fully saturated rings. The van der Waals surface area contributed by atoms with Gasteiger partial charge in [0.25, 0.3) is 5.69 Å². The van der Waals surface area contributed by atoms with E-state index in [4.69, 9.17) is 0 Å². The maximum absolute atomic E-state index is 12.9. The Bertz CT molecular complexity index is 1150. The quantitative estimate of drug-likeness (QED) is 0.296. The number of piperazine rings is 1. The van der Waals surface area contributed by atoms with Gasteiger partial charge in [-0.1, -0.05) is 29.8 Å². The second-order valence-electron chi connectivity index (χ2n) is 9.42. The van der Waals surface area contributed by atoms with Crippen LogP contribution in [0.15, 0.2) is 54.6 Å². The van der Waals surface area contributed by atoms with E-state index in [0.29, 0.717) is 31.6 Å². The Hall–Kier alpha value is -3.68. The first-order valence-electron chi connectivity index (χ1n) is 11.7. The Morgan fingerprint density at radius 3 is 2.12 bits per heavy atom. The van der Waals surface area contributed by atoms with E-state index in [1.165, 1.54) is 11.6 Å². The summed E-state index contributed by atoms with van der Waals surface area (Å²) in [4.78, 5) is 43.0. The molecule has 2 aliphatic heterocycles. The number of carbonyl (C=O) groups excluding carboxylic acids is 2. The summed E-state index contributed by atoms with van der Waals surface area (Å²) in [5, 5.41) is 12.0. The zero-order valence-electron chi connectivity index (χ0n) is 19.4. The average Bonchev–Trinajstić information content (AvgIpc) is 3.09. The largest absolute Gasteiger partial charge is 0.365 e. The van der Waals surface area contributed by atoms with E-state index < -0.39 is 4.92 Å². The summed E-state index contributed by atoms with van der Waals surface area (Å²) >= 11 is 0. The van der Waals surface area contributed by atoms with Crippen molar-refractivity contribution in [3.05, 3.63) is 70.3 Å². The summed E-state index contributed by atoms with van der Waals surface area (Å²) in [6.45, 7) is 6.18. The number of carbonyl (C=O) groups is 2. The maximum atomic E-state index is 12.9. The molecule has 0 spiro atoms. The van der Waals surface area contributed by atoms with Crippen molar-refractivity contribution in [2.45, 2.75) is 32.7 Å². The molecular weight excluding hydrogens is 432 g/mol. The minimum atomic E-state index is -0.421. The first-order valence-corrected chi connectivity index (χ1v) is 11.7. The van der Waals surface area contributed by atoms with Gasteiger partial charge in [-0.25, -0.2) is 4.90 Å². The van der Waals surface area contributed by atoms with Crippen LogP contribution >= 0.6 is 0 Å². The van der Waals surface area contributed by atoms with Gasteiger partial charge in [-0.05, 0) is 51.0 Å². The van der Waals surface area contributed by atoms with E-state index in [0.717, 1.165) is 17.1 Å². The third kappa shape index (κ3) is 3.73. The average molecular weight is 461 g/mol. The normalized spacial score (nSPS) is 24.5. The van der Waals surface area contributed by atoms with E-state index in [2.05, 4.69) is 43.0 Å². The summed E-state index contributed by atoms with van der Waals surface area (Å²) < 4.78 is 0. The third-order valence-corrected chi connectivity index (χ3v) is 7.26. The Kier molecular flexibility index (Phi) is 5.59. The van der Waals surface area contributed by atoms with Gasteiger partial charge < -0.3 is 9.80 Å². The van der Waals surface area contributed by atoms with E-state index in [1.54, 1.807) is 12.1 Å². The summed E-state index contributed by atoms with van der Waals surface area (Å²) in [6, 6.07) is 13.3. The lowest BCUT2D eigenvalue weighted by molar-refractivity contribution is -0.384. The molecule has 2 heterocycles. The van der Waals surface area contributed by atoms with Crippen molar-refractivity contribution in [3.63, 3.8) is 0 Å². The molecule has 3 atom stereocenters. The molecule has 0 unspecified atom stereocenters. The van der Waals surface area contributed by atoms with Crippen molar-refractivity contribution in [1.82, 2.24) is 0 Å². The lowest BCUT2D eigenvalue weighted by Gasteiger charge is -2.42. The smallest absolute Gasteiger partial charge is 0.294 e. The van der Waals surface area contributed by atoms with Gasteiger partial charge in [0, 0.05) is 37.4 Å². The van der Waals surface area contributed by atoms with E-state index >= 15 is 0 Å². The van der Waals surface area contributed by atoms with E-state index in [1.807, 2.05) is 17.1 Å². The highest BCUT2D eigenvalue weighted by atomic mass is 16.6. The number of aryl methyl sites for hydroxylation is 1. The Labute approximate surface area is 198 Å². The number of nitro groups is 1. The monoisotopic (exact) mass is 460 g/mol. The molecule has 0 N–H and O–H groups in total. The highest BCUT2D eigenvalue weighted by molar-refractivity contribution is 6.22. The van der Waals surface area contributed by atoms with E-state index in [-0.39, 0.29) is 41.1 Å². The summed E-state index contributed by atoms with van der Waals surface area (Å²) in [7, 11) is 0. The Morgan fingerprint density at radius 2 is 1.53 bits per heavy atom. The first-order chi connectivity index (χ1) is 16.3. The fourth-order valence-corrected chi connectivity index (χ4v) is 5.42. The maximum Gasteiger partial charge on any atom is 0.294 e. The summed E-state index contributed by atoms with van der Waals surface area (Å²) in [5.41, 5.74) is 3.07. The minimum absolute atomic E-state index is 0.0814. The van der Waals surface area contributed by atoms with Crippen LogP contribution in [0.25, 0.3) is 0 Å². The lowest BCUT2D eigenvalue weighted by atomic mass is 9.85. The number of fused-ring (bicyclic) bond motifs is 1. The second-order valence-corrected chi connectivity index (χ2v) is 9.42. The van der Waals surface area contributed by atoms with Crippen LogP contribution in [0.5, 0.6) is 0 Å². The molecule has 0 aromatic heterocycles. The molecular formula is C26H28N4O4. The zero-order chi connectivity index (χ0) is 24.0. The lowest BCUT2D eigenvalue weighted by Crippen LogP contribution is -2.52. The Morgan fingerprint density at radius 1 is 0.912 bits per heavy atom. The van der Waals surface area contributed by atoms with Crippen LogP contribution in [-0.4, -0.2) is 42.4 Å². The van der Waals surface area contributed by atoms with Crippen LogP contribution < -0.4 is 14.7 Å². The number of imide groups is 1. The number of allylic oxidation sites excluding steroid dienone is 2. The summed E-state index contributed by atoms with van der Waals surface area (Å²) in [6.07, 6.45) is 4.93. The number of hydrogen-bond donors (Lipinski definition) is 0. The molecule has 5 rings (SSSR count). The predicted molar refractivity (Wildman–Crippen MR) is 131 cm³/mol. The molecule has 2 aromatic rings. The van der Waals surface area contributed by atoms with Crippen LogP contribution in [0, 0.1) is 28.9 Å². The topological polar surface area (TPSA) is 87.0 Å². The fraction of sp³-hybridized carbons (Fsp3) is 0.385. The molecule has 2 amide bonds.